The molecule has 0 saturated heterocycles. The van der Waals surface area contributed by atoms with Crippen molar-refractivity contribution >= 4 is 27.5 Å². The smallest absolute Gasteiger partial charge is 0.119 e. The minimum Gasteiger partial charge on any atom is -0.497 e. The topological polar surface area (TPSA) is 27.1 Å². The highest BCUT2D eigenvalue weighted by molar-refractivity contribution is 9.10. The molecule has 0 aliphatic carbocycles. The zero-order valence-electron chi connectivity index (χ0n) is 10.5. The molecule has 2 rings (SSSR count). The lowest BCUT2D eigenvalue weighted by Crippen LogP contribution is -2.05. The molecule has 0 aliphatic heterocycles. The van der Waals surface area contributed by atoms with Gasteiger partial charge in [0.05, 0.1) is 30.1 Å². The van der Waals surface area contributed by atoms with Crippen molar-refractivity contribution in [3.05, 3.63) is 44.6 Å². The van der Waals surface area contributed by atoms with E-state index in [-0.39, 0.29) is 0 Å². The highest BCUT2D eigenvalue weighted by atomic mass is 79.9. The van der Waals surface area contributed by atoms with Crippen molar-refractivity contribution in [2.75, 3.05) is 7.11 Å². The van der Waals surface area contributed by atoms with Crippen LogP contribution in [0, 0.1) is 13.8 Å². The van der Waals surface area contributed by atoms with Crippen molar-refractivity contribution in [2.45, 2.75) is 20.4 Å². The Morgan fingerprint density at radius 3 is 2.67 bits per heavy atom. The molecule has 0 spiro atoms. The molecule has 0 unspecified atom stereocenters. The van der Waals surface area contributed by atoms with Crippen molar-refractivity contribution in [1.29, 1.82) is 0 Å². The number of rotatable bonds is 3. The molecular formula is C13H14BrClN2O. The van der Waals surface area contributed by atoms with Crippen LogP contribution in [0.4, 0.5) is 0 Å². The summed E-state index contributed by atoms with van der Waals surface area (Å²) in [6.07, 6.45) is 0. The molecular weight excluding hydrogens is 316 g/mol. The molecule has 96 valence electrons. The van der Waals surface area contributed by atoms with Gasteiger partial charge in [-0.05, 0) is 37.6 Å². The van der Waals surface area contributed by atoms with E-state index < -0.39 is 0 Å². The van der Waals surface area contributed by atoms with Crippen LogP contribution in [0.1, 0.15) is 17.0 Å². The molecule has 0 bridgehead atoms. The number of hydrogen-bond donors (Lipinski definition) is 0. The molecule has 5 heteroatoms. The van der Waals surface area contributed by atoms with E-state index in [0.29, 0.717) is 6.54 Å². The fourth-order valence-electron chi connectivity index (χ4n) is 1.79. The molecule has 2 aromatic rings. The number of hydrogen-bond acceptors (Lipinski definition) is 2. The number of ether oxygens (including phenoxy) is 1. The fraction of sp³-hybridized carbons (Fsp3) is 0.308. The van der Waals surface area contributed by atoms with E-state index in [0.717, 1.165) is 32.2 Å². The molecule has 1 heterocycles. The van der Waals surface area contributed by atoms with Crippen LogP contribution in [0.15, 0.2) is 22.7 Å². The Labute approximate surface area is 120 Å². The highest BCUT2D eigenvalue weighted by Crippen LogP contribution is 2.25. The Balaban J connectivity index is 2.36. The van der Waals surface area contributed by atoms with Gasteiger partial charge in [-0.1, -0.05) is 27.5 Å². The Kier molecular flexibility index (Phi) is 3.97. The van der Waals surface area contributed by atoms with E-state index in [1.165, 1.54) is 0 Å². The second-order valence-electron chi connectivity index (χ2n) is 4.10. The highest BCUT2D eigenvalue weighted by Gasteiger charge is 2.11. The molecule has 3 nitrogen and oxygen atoms in total. The molecule has 0 N–H and O–H groups in total. The summed E-state index contributed by atoms with van der Waals surface area (Å²) in [6.45, 7) is 4.54. The van der Waals surface area contributed by atoms with Crippen molar-refractivity contribution in [1.82, 2.24) is 9.78 Å². The molecule has 0 saturated carbocycles. The fourth-order valence-corrected chi connectivity index (χ4v) is 2.30. The number of methoxy groups -OCH3 is 1. The molecule has 1 aromatic heterocycles. The monoisotopic (exact) mass is 328 g/mol. The summed E-state index contributed by atoms with van der Waals surface area (Å²) in [5.41, 5.74) is 2.94. The molecule has 18 heavy (non-hydrogen) atoms. The van der Waals surface area contributed by atoms with E-state index in [2.05, 4.69) is 21.0 Å². The normalized spacial score (nSPS) is 10.7. The van der Waals surface area contributed by atoms with E-state index in [1.54, 1.807) is 7.11 Å². The van der Waals surface area contributed by atoms with Gasteiger partial charge in [0.1, 0.15) is 5.75 Å². The van der Waals surface area contributed by atoms with E-state index in [1.807, 2.05) is 36.7 Å². The first-order chi connectivity index (χ1) is 8.52. The van der Waals surface area contributed by atoms with Gasteiger partial charge in [0, 0.05) is 4.47 Å². The summed E-state index contributed by atoms with van der Waals surface area (Å²) in [4.78, 5) is 0. The van der Waals surface area contributed by atoms with Crippen molar-refractivity contribution < 1.29 is 4.74 Å². The maximum absolute atomic E-state index is 6.14. The van der Waals surface area contributed by atoms with Gasteiger partial charge in [0.25, 0.3) is 0 Å². The molecule has 0 fully saturated rings. The van der Waals surface area contributed by atoms with Crippen LogP contribution in [0.25, 0.3) is 0 Å². The number of nitrogens with zero attached hydrogens (tertiary/aromatic N) is 2. The Morgan fingerprint density at radius 1 is 1.39 bits per heavy atom. The SMILES string of the molecule is COc1ccc(Br)c(Cn2nc(C)c(Cl)c2C)c1. The molecule has 0 aliphatic rings. The number of aryl methyl sites for hydroxylation is 1. The van der Waals surface area contributed by atoms with Crippen LogP contribution in [-0.2, 0) is 6.54 Å². The Hall–Kier alpha value is -1.00. The van der Waals surface area contributed by atoms with Crippen LogP contribution in [0.2, 0.25) is 5.02 Å². The second-order valence-corrected chi connectivity index (χ2v) is 5.33. The van der Waals surface area contributed by atoms with Crippen LogP contribution in [0.3, 0.4) is 0 Å². The summed E-state index contributed by atoms with van der Waals surface area (Å²) in [7, 11) is 1.66. The van der Waals surface area contributed by atoms with E-state index in [9.17, 15) is 0 Å². The second kappa shape index (κ2) is 5.33. The average molecular weight is 330 g/mol. The lowest BCUT2D eigenvalue weighted by atomic mass is 10.2. The van der Waals surface area contributed by atoms with Gasteiger partial charge in [-0.25, -0.2) is 0 Å². The van der Waals surface area contributed by atoms with Crippen LogP contribution < -0.4 is 4.74 Å². The van der Waals surface area contributed by atoms with Crippen molar-refractivity contribution in [3.63, 3.8) is 0 Å². The average Bonchev–Trinajstić information content (AvgIpc) is 2.60. The zero-order chi connectivity index (χ0) is 13.3. The van der Waals surface area contributed by atoms with Gasteiger partial charge in [-0.15, -0.1) is 0 Å². The first-order valence-corrected chi connectivity index (χ1v) is 6.72. The van der Waals surface area contributed by atoms with Gasteiger partial charge in [0.15, 0.2) is 0 Å². The minimum atomic E-state index is 0.664. The van der Waals surface area contributed by atoms with Gasteiger partial charge in [-0.3, -0.25) is 4.68 Å². The molecule has 1 aromatic carbocycles. The Morgan fingerprint density at radius 2 is 2.11 bits per heavy atom. The minimum absolute atomic E-state index is 0.664. The third-order valence-corrected chi connectivity index (χ3v) is 4.19. The number of benzene rings is 1. The van der Waals surface area contributed by atoms with Crippen LogP contribution in [0.5, 0.6) is 5.75 Å². The van der Waals surface area contributed by atoms with Gasteiger partial charge in [0.2, 0.25) is 0 Å². The maximum Gasteiger partial charge on any atom is 0.119 e. The first kappa shape index (κ1) is 13.4. The maximum atomic E-state index is 6.14. The van der Waals surface area contributed by atoms with Crippen molar-refractivity contribution in [2.24, 2.45) is 0 Å². The molecule has 0 radical (unpaired) electrons. The Bertz CT molecular complexity index is 581. The quantitative estimate of drug-likeness (QED) is 0.852. The number of aromatic nitrogens is 2. The third kappa shape index (κ3) is 2.54. The zero-order valence-corrected chi connectivity index (χ0v) is 12.8. The summed E-state index contributed by atoms with van der Waals surface area (Å²) in [5.74, 6) is 0.834. The standard InChI is InChI=1S/C13H14BrClN2O/c1-8-13(15)9(2)17(16-8)7-10-6-11(18-3)4-5-12(10)14/h4-6H,7H2,1-3H3. The van der Waals surface area contributed by atoms with E-state index >= 15 is 0 Å². The molecule has 0 atom stereocenters. The van der Waals surface area contributed by atoms with Gasteiger partial charge < -0.3 is 4.74 Å². The lowest BCUT2D eigenvalue weighted by Gasteiger charge is -2.09. The molecule has 0 amide bonds. The van der Waals surface area contributed by atoms with Gasteiger partial charge in [-0.2, -0.15) is 5.10 Å². The summed E-state index contributed by atoms with van der Waals surface area (Å²) in [6, 6.07) is 5.89. The first-order valence-electron chi connectivity index (χ1n) is 5.55. The lowest BCUT2D eigenvalue weighted by molar-refractivity contribution is 0.414. The predicted octanol–water partition coefficient (Wildman–Crippen LogP) is 3.97. The van der Waals surface area contributed by atoms with Crippen LogP contribution in [-0.4, -0.2) is 16.9 Å². The largest absolute Gasteiger partial charge is 0.497 e. The third-order valence-electron chi connectivity index (χ3n) is 2.87. The van der Waals surface area contributed by atoms with Crippen molar-refractivity contribution in [3.8, 4) is 5.75 Å². The summed E-state index contributed by atoms with van der Waals surface area (Å²) < 4.78 is 8.16. The van der Waals surface area contributed by atoms with Crippen LogP contribution >= 0.6 is 27.5 Å². The number of halogens is 2. The van der Waals surface area contributed by atoms with E-state index in [4.69, 9.17) is 16.3 Å². The van der Waals surface area contributed by atoms with Gasteiger partial charge >= 0.3 is 0 Å². The summed E-state index contributed by atoms with van der Waals surface area (Å²) in [5, 5.41) is 5.16. The predicted molar refractivity (Wildman–Crippen MR) is 76.5 cm³/mol. The summed E-state index contributed by atoms with van der Waals surface area (Å²) >= 11 is 9.68.